The van der Waals surface area contributed by atoms with Gasteiger partial charge in [-0.25, -0.2) is 4.98 Å². The normalized spacial score (nSPS) is 19.2. The number of aryl methyl sites for hydroxylation is 1. The van der Waals surface area contributed by atoms with Gasteiger partial charge in [-0.2, -0.15) is 17.0 Å². The molecule has 1 aliphatic heterocycles. The SMILES string of the molecule is Cc1nc(CN2CCN(S(=O)(=O)N(C)C)CC2)cs1. The van der Waals surface area contributed by atoms with E-state index in [-0.39, 0.29) is 0 Å². The van der Waals surface area contributed by atoms with Crippen LogP contribution < -0.4 is 0 Å². The molecule has 0 radical (unpaired) electrons. The molecule has 1 saturated heterocycles. The highest BCUT2D eigenvalue weighted by Gasteiger charge is 2.28. The summed E-state index contributed by atoms with van der Waals surface area (Å²) in [6, 6.07) is 0. The molecular formula is C11H20N4O2S2. The first-order chi connectivity index (χ1) is 8.89. The molecule has 108 valence electrons. The number of piperazine rings is 1. The van der Waals surface area contributed by atoms with E-state index in [2.05, 4.69) is 15.3 Å². The van der Waals surface area contributed by atoms with E-state index >= 15 is 0 Å². The van der Waals surface area contributed by atoms with Gasteiger partial charge in [0, 0.05) is 52.2 Å². The summed E-state index contributed by atoms with van der Waals surface area (Å²) >= 11 is 1.65. The fourth-order valence-corrected chi connectivity index (χ4v) is 3.75. The molecule has 1 aromatic rings. The third kappa shape index (κ3) is 3.51. The molecule has 0 atom stereocenters. The van der Waals surface area contributed by atoms with Crippen molar-refractivity contribution in [2.45, 2.75) is 13.5 Å². The topological polar surface area (TPSA) is 56.8 Å². The molecule has 0 aromatic carbocycles. The summed E-state index contributed by atoms with van der Waals surface area (Å²) in [5.74, 6) is 0. The van der Waals surface area contributed by atoms with Crippen molar-refractivity contribution in [1.29, 1.82) is 0 Å². The second-order valence-electron chi connectivity index (χ2n) is 4.82. The van der Waals surface area contributed by atoms with Crippen LogP contribution in [0.5, 0.6) is 0 Å². The Morgan fingerprint density at radius 3 is 2.42 bits per heavy atom. The molecule has 0 bridgehead atoms. The molecule has 2 rings (SSSR count). The van der Waals surface area contributed by atoms with E-state index < -0.39 is 10.2 Å². The van der Waals surface area contributed by atoms with Crippen molar-refractivity contribution in [3.63, 3.8) is 0 Å². The molecule has 0 saturated carbocycles. The predicted molar refractivity (Wildman–Crippen MR) is 76.3 cm³/mol. The molecule has 0 aliphatic carbocycles. The average Bonchev–Trinajstić information content (AvgIpc) is 2.75. The Morgan fingerprint density at radius 1 is 1.32 bits per heavy atom. The Balaban J connectivity index is 1.89. The van der Waals surface area contributed by atoms with Gasteiger partial charge in [-0.05, 0) is 6.92 Å². The minimum atomic E-state index is -3.27. The van der Waals surface area contributed by atoms with E-state index in [4.69, 9.17) is 0 Å². The molecule has 1 fully saturated rings. The summed E-state index contributed by atoms with van der Waals surface area (Å²) in [5, 5.41) is 3.14. The van der Waals surface area contributed by atoms with E-state index in [0.717, 1.165) is 30.3 Å². The van der Waals surface area contributed by atoms with Crippen molar-refractivity contribution < 1.29 is 8.42 Å². The quantitative estimate of drug-likeness (QED) is 0.807. The fourth-order valence-electron chi connectivity index (χ4n) is 2.06. The summed E-state index contributed by atoms with van der Waals surface area (Å²) in [5.41, 5.74) is 1.08. The minimum absolute atomic E-state index is 0.545. The molecule has 1 aliphatic rings. The van der Waals surface area contributed by atoms with E-state index in [0.29, 0.717) is 13.1 Å². The standard InChI is InChI=1S/C11H20N4O2S2/c1-10-12-11(9-18-10)8-14-4-6-15(7-5-14)19(16,17)13(2)3/h9H,4-8H2,1-3H3. The lowest BCUT2D eigenvalue weighted by atomic mass is 10.3. The summed E-state index contributed by atoms with van der Waals surface area (Å²) in [6.45, 7) is 5.40. The minimum Gasteiger partial charge on any atom is -0.295 e. The Labute approximate surface area is 118 Å². The van der Waals surface area contributed by atoms with Gasteiger partial charge in [-0.3, -0.25) is 4.90 Å². The molecule has 0 unspecified atom stereocenters. The Morgan fingerprint density at radius 2 is 1.95 bits per heavy atom. The van der Waals surface area contributed by atoms with Crippen LogP contribution in [-0.2, 0) is 16.8 Å². The third-order valence-corrected chi connectivity index (χ3v) is 5.93. The van der Waals surface area contributed by atoms with E-state index in [1.807, 2.05) is 6.92 Å². The fraction of sp³-hybridized carbons (Fsp3) is 0.727. The van der Waals surface area contributed by atoms with Crippen LogP contribution in [0.25, 0.3) is 0 Å². The van der Waals surface area contributed by atoms with Gasteiger partial charge in [0.2, 0.25) is 0 Å². The maximum Gasteiger partial charge on any atom is 0.281 e. The summed E-state index contributed by atoms with van der Waals surface area (Å²) in [6.07, 6.45) is 0. The zero-order chi connectivity index (χ0) is 14.0. The number of hydrogen-bond donors (Lipinski definition) is 0. The van der Waals surface area contributed by atoms with Crippen molar-refractivity contribution in [3.05, 3.63) is 16.1 Å². The second-order valence-corrected chi connectivity index (χ2v) is 8.03. The molecule has 6 nitrogen and oxygen atoms in total. The van der Waals surface area contributed by atoms with Crippen molar-refractivity contribution in [3.8, 4) is 0 Å². The van der Waals surface area contributed by atoms with Crippen LogP contribution in [0.15, 0.2) is 5.38 Å². The lowest BCUT2D eigenvalue weighted by Crippen LogP contribution is -2.51. The van der Waals surface area contributed by atoms with Gasteiger partial charge in [0.05, 0.1) is 10.7 Å². The lowest BCUT2D eigenvalue weighted by Gasteiger charge is -2.34. The van der Waals surface area contributed by atoms with Gasteiger partial charge >= 0.3 is 0 Å². The number of aromatic nitrogens is 1. The van der Waals surface area contributed by atoms with Crippen LogP contribution in [0.4, 0.5) is 0 Å². The molecular weight excluding hydrogens is 284 g/mol. The lowest BCUT2D eigenvalue weighted by molar-refractivity contribution is 0.176. The smallest absolute Gasteiger partial charge is 0.281 e. The maximum absolute atomic E-state index is 12.0. The Bertz CT molecular complexity index is 519. The number of rotatable bonds is 4. The highest BCUT2D eigenvalue weighted by Crippen LogP contribution is 2.14. The molecule has 0 amide bonds. The average molecular weight is 304 g/mol. The monoisotopic (exact) mass is 304 g/mol. The third-order valence-electron chi connectivity index (χ3n) is 3.17. The molecule has 19 heavy (non-hydrogen) atoms. The van der Waals surface area contributed by atoms with Gasteiger partial charge in [0.1, 0.15) is 0 Å². The van der Waals surface area contributed by atoms with Crippen LogP contribution in [0.3, 0.4) is 0 Å². The van der Waals surface area contributed by atoms with Crippen molar-refractivity contribution >= 4 is 21.5 Å². The molecule has 1 aromatic heterocycles. The van der Waals surface area contributed by atoms with E-state index in [9.17, 15) is 8.42 Å². The summed E-state index contributed by atoms with van der Waals surface area (Å²) in [4.78, 5) is 6.68. The van der Waals surface area contributed by atoms with Crippen molar-refractivity contribution in [2.24, 2.45) is 0 Å². The number of nitrogens with zero attached hydrogens (tertiary/aromatic N) is 4. The van der Waals surface area contributed by atoms with Gasteiger partial charge in [-0.1, -0.05) is 0 Å². The van der Waals surface area contributed by atoms with Gasteiger partial charge < -0.3 is 0 Å². The van der Waals surface area contributed by atoms with Gasteiger partial charge in [-0.15, -0.1) is 11.3 Å². The number of hydrogen-bond acceptors (Lipinski definition) is 5. The molecule has 8 heteroatoms. The predicted octanol–water partition coefficient (Wildman–Crippen LogP) is 0.376. The first-order valence-electron chi connectivity index (χ1n) is 6.20. The Kier molecular flexibility index (Phi) is 4.57. The van der Waals surface area contributed by atoms with E-state index in [1.54, 1.807) is 25.4 Å². The maximum atomic E-state index is 12.0. The van der Waals surface area contributed by atoms with Crippen LogP contribution in [0.2, 0.25) is 0 Å². The first-order valence-corrected chi connectivity index (χ1v) is 8.48. The highest BCUT2D eigenvalue weighted by atomic mass is 32.2. The van der Waals surface area contributed by atoms with Crippen molar-refractivity contribution in [1.82, 2.24) is 18.5 Å². The molecule has 0 spiro atoms. The molecule has 0 N–H and O–H groups in total. The second kappa shape index (κ2) is 5.84. The van der Waals surface area contributed by atoms with Gasteiger partial charge in [0.25, 0.3) is 10.2 Å². The van der Waals surface area contributed by atoms with Gasteiger partial charge in [0.15, 0.2) is 0 Å². The highest BCUT2D eigenvalue weighted by molar-refractivity contribution is 7.86. The van der Waals surface area contributed by atoms with E-state index in [1.165, 1.54) is 8.61 Å². The summed E-state index contributed by atoms with van der Waals surface area (Å²) < 4.78 is 26.8. The molecule has 2 heterocycles. The first kappa shape index (κ1) is 14.9. The van der Waals surface area contributed by atoms with Crippen LogP contribution >= 0.6 is 11.3 Å². The number of thiazole rings is 1. The van der Waals surface area contributed by atoms with Crippen LogP contribution in [0, 0.1) is 6.92 Å². The van der Waals surface area contributed by atoms with Crippen LogP contribution in [-0.4, -0.2) is 67.2 Å². The zero-order valence-electron chi connectivity index (χ0n) is 11.5. The Hall–Kier alpha value is -0.540. The largest absolute Gasteiger partial charge is 0.295 e. The van der Waals surface area contributed by atoms with Crippen molar-refractivity contribution in [2.75, 3.05) is 40.3 Å². The van der Waals surface area contributed by atoms with Crippen LogP contribution in [0.1, 0.15) is 10.7 Å². The summed E-state index contributed by atoms with van der Waals surface area (Å²) in [7, 11) is -0.127. The zero-order valence-corrected chi connectivity index (χ0v) is 13.2.